The molecular weight excluding hydrogens is 336 g/mol. The van der Waals surface area contributed by atoms with Gasteiger partial charge >= 0.3 is 6.09 Å². The van der Waals surface area contributed by atoms with Crippen molar-refractivity contribution < 1.29 is 9.53 Å². The van der Waals surface area contributed by atoms with Gasteiger partial charge in [0.2, 0.25) is 0 Å². The highest BCUT2D eigenvalue weighted by Gasteiger charge is 1.96. The maximum atomic E-state index is 10.7. The smallest absolute Gasteiger partial charge is 0.406 e. The second-order valence-corrected chi connectivity index (χ2v) is 7.47. The van der Waals surface area contributed by atoms with Gasteiger partial charge in [-0.3, -0.25) is 0 Å². The fourth-order valence-corrected chi connectivity index (χ4v) is 2.96. The van der Waals surface area contributed by atoms with E-state index in [0.29, 0.717) is 0 Å². The van der Waals surface area contributed by atoms with Crippen LogP contribution in [0.1, 0.15) is 117 Å². The predicted octanol–water partition coefficient (Wildman–Crippen LogP) is 6.83. The van der Waals surface area contributed by atoms with E-state index in [9.17, 15) is 4.79 Å². The zero-order valence-corrected chi connectivity index (χ0v) is 19.0. The fraction of sp³-hybridized carbons (Fsp3) is 0.957. The maximum Gasteiger partial charge on any atom is 0.406 e. The summed E-state index contributed by atoms with van der Waals surface area (Å²) in [5.41, 5.74) is 0. The van der Waals surface area contributed by atoms with E-state index in [-0.39, 0.29) is 6.09 Å². The molecule has 0 aliphatic rings. The minimum absolute atomic E-state index is 0.321. The van der Waals surface area contributed by atoms with Gasteiger partial charge in [0, 0.05) is 6.54 Å². The summed E-state index contributed by atoms with van der Waals surface area (Å²) in [6.45, 7) is 6.43. The normalized spacial score (nSPS) is 10.2. The van der Waals surface area contributed by atoms with Crippen molar-refractivity contribution in [2.75, 3.05) is 27.2 Å². The Bertz CT molecular complexity index is 263. The summed E-state index contributed by atoms with van der Waals surface area (Å²) in [5.74, 6) is 0. The molecule has 0 aliphatic carbocycles. The Balaban J connectivity index is 0. The Hall–Kier alpha value is -0.770. The van der Waals surface area contributed by atoms with E-state index in [2.05, 4.69) is 29.2 Å². The highest BCUT2D eigenvalue weighted by Crippen LogP contribution is 2.08. The third-order valence-corrected chi connectivity index (χ3v) is 4.77. The number of nitrogens with one attached hydrogen (secondary N) is 2. The summed E-state index contributed by atoms with van der Waals surface area (Å²) in [5, 5.41) is 5.86. The second-order valence-electron chi connectivity index (χ2n) is 7.47. The molecule has 0 aromatic heterocycles. The van der Waals surface area contributed by atoms with Crippen molar-refractivity contribution in [1.82, 2.24) is 10.6 Å². The van der Waals surface area contributed by atoms with Gasteiger partial charge in [-0.2, -0.15) is 0 Å². The van der Waals surface area contributed by atoms with Crippen LogP contribution in [0.3, 0.4) is 0 Å². The van der Waals surface area contributed by atoms with E-state index in [4.69, 9.17) is 0 Å². The molecule has 0 aliphatic heterocycles. The molecule has 4 nitrogen and oxygen atoms in total. The summed E-state index contributed by atoms with van der Waals surface area (Å²) < 4.78 is 4.47. The van der Waals surface area contributed by atoms with Crippen LogP contribution >= 0.6 is 0 Å². The molecule has 0 atom stereocenters. The molecule has 0 radical (unpaired) electrons. The van der Waals surface area contributed by atoms with E-state index in [1.165, 1.54) is 110 Å². The number of hydrogen-bond donors (Lipinski definition) is 2. The molecule has 0 rings (SSSR count). The Kier molecular flexibility index (Phi) is 28.9. The lowest BCUT2D eigenvalue weighted by atomic mass is 10.1. The van der Waals surface area contributed by atoms with Crippen molar-refractivity contribution in [1.29, 1.82) is 0 Å². The number of carbonyl (C=O) groups excluding carboxylic acids is 1. The van der Waals surface area contributed by atoms with Gasteiger partial charge in [-0.05, 0) is 26.4 Å². The quantitative estimate of drug-likeness (QED) is 0.254. The molecule has 0 aromatic rings. The Morgan fingerprint density at radius 1 is 0.630 bits per heavy atom. The zero-order chi connectivity index (χ0) is 20.4. The molecule has 4 heteroatoms. The van der Waals surface area contributed by atoms with Crippen LogP contribution < -0.4 is 10.6 Å². The second kappa shape index (κ2) is 27.4. The number of amides is 1. The fourth-order valence-electron chi connectivity index (χ4n) is 2.96. The van der Waals surface area contributed by atoms with Gasteiger partial charge in [-0.25, -0.2) is 4.79 Å². The number of carbonyl (C=O) groups is 1. The number of unbranched alkanes of at least 4 members (excludes halogenated alkanes) is 14. The molecule has 0 saturated heterocycles. The van der Waals surface area contributed by atoms with Crippen molar-refractivity contribution in [3.63, 3.8) is 0 Å². The van der Waals surface area contributed by atoms with Crippen molar-refractivity contribution >= 4 is 6.09 Å². The van der Waals surface area contributed by atoms with Crippen molar-refractivity contribution in [2.45, 2.75) is 117 Å². The first-order valence-corrected chi connectivity index (χ1v) is 11.7. The molecule has 0 aromatic carbocycles. The molecule has 27 heavy (non-hydrogen) atoms. The minimum atomic E-state index is -0.321. The van der Waals surface area contributed by atoms with Gasteiger partial charge in [0.05, 0.1) is 7.11 Å². The van der Waals surface area contributed by atoms with Crippen molar-refractivity contribution in [3.05, 3.63) is 0 Å². The van der Waals surface area contributed by atoms with Crippen LogP contribution in [0.5, 0.6) is 0 Å². The third-order valence-electron chi connectivity index (χ3n) is 4.77. The van der Waals surface area contributed by atoms with E-state index in [1.807, 2.05) is 7.05 Å². The Morgan fingerprint density at radius 2 is 1.00 bits per heavy atom. The number of rotatable bonds is 18. The molecule has 0 saturated carbocycles. The van der Waals surface area contributed by atoms with E-state index in [0.717, 1.165) is 13.0 Å². The van der Waals surface area contributed by atoms with Crippen LogP contribution in [-0.4, -0.2) is 33.3 Å². The van der Waals surface area contributed by atoms with E-state index >= 15 is 0 Å². The van der Waals surface area contributed by atoms with Crippen molar-refractivity contribution in [3.8, 4) is 0 Å². The summed E-state index contributed by atoms with van der Waals surface area (Å²) in [6, 6.07) is 0. The lowest BCUT2D eigenvalue weighted by Gasteiger charge is -2.03. The molecule has 1 amide bonds. The predicted molar refractivity (Wildman–Crippen MR) is 120 cm³/mol. The van der Waals surface area contributed by atoms with Gasteiger partial charge in [0.15, 0.2) is 0 Å². The summed E-state index contributed by atoms with van der Waals surface area (Å²) in [7, 11) is 3.42. The first-order valence-electron chi connectivity index (χ1n) is 11.7. The monoisotopic (exact) mass is 386 g/mol. The van der Waals surface area contributed by atoms with E-state index in [1.54, 1.807) is 0 Å². The molecule has 164 valence electrons. The van der Waals surface area contributed by atoms with Gasteiger partial charge < -0.3 is 15.4 Å². The first kappa shape index (κ1) is 28.4. The zero-order valence-electron chi connectivity index (χ0n) is 19.0. The van der Waals surface area contributed by atoms with Crippen LogP contribution in [0, 0.1) is 0 Å². The van der Waals surface area contributed by atoms with E-state index < -0.39 is 0 Å². The maximum absolute atomic E-state index is 10.7. The molecule has 0 spiro atoms. The first-order chi connectivity index (χ1) is 13.2. The average molecular weight is 387 g/mol. The standard InChI is InChI=1S/C12H25NO2.C11H25N/c1-3-4-5-6-7-8-9-10-11-13-12(14)15-2;1-3-4-5-6-7-8-9-10-11-12-2/h3-11H2,1-2H3,(H,13,14);12H,3-11H2,1-2H3. The molecular formula is C23H50N2O2. The van der Waals surface area contributed by atoms with Gasteiger partial charge in [0.1, 0.15) is 0 Å². The topological polar surface area (TPSA) is 50.4 Å². The highest BCUT2D eigenvalue weighted by atomic mass is 16.5. The van der Waals surface area contributed by atoms with Crippen LogP contribution in [0.2, 0.25) is 0 Å². The molecule has 0 bridgehead atoms. The summed E-state index contributed by atoms with van der Waals surface area (Å²) in [4.78, 5) is 10.7. The average Bonchev–Trinajstić information content (AvgIpc) is 2.69. The van der Waals surface area contributed by atoms with Crippen LogP contribution in [0.25, 0.3) is 0 Å². The van der Waals surface area contributed by atoms with Gasteiger partial charge in [0.25, 0.3) is 0 Å². The van der Waals surface area contributed by atoms with Gasteiger partial charge in [-0.1, -0.05) is 104 Å². The number of alkyl carbamates (subject to hydrolysis) is 1. The molecule has 2 N–H and O–H groups in total. The minimum Gasteiger partial charge on any atom is -0.453 e. The highest BCUT2D eigenvalue weighted by molar-refractivity contribution is 5.66. The molecule has 0 unspecified atom stereocenters. The molecule has 0 fully saturated rings. The number of ether oxygens (including phenoxy) is 1. The number of methoxy groups -OCH3 is 1. The van der Waals surface area contributed by atoms with Crippen LogP contribution in [0.15, 0.2) is 0 Å². The van der Waals surface area contributed by atoms with Crippen molar-refractivity contribution in [2.24, 2.45) is 0 Å². The summed E-state index contributed by atoms with van der Waals surface area (Å²) in [6.07, 6.45) is 21.3. The Morgan fingerprint density at radius 3 is 1.37 bits per heavy atom. The SMILES string of the molecule is CCCCCCCCCCNC.CCCCCCCCCCNC(=O)OC. The largest absolute Gasteiger partial charge is 0.453 e. The van der Waals surface area contributed by atoms with Gasteiger partial charge in [-0.15, -0.1) is 0 Å². The number of hydrogen-bond acceptors (Lipinski definition) is 3. The van der Waals surface area contributed by atoms with Crippen LogP contribution in [0.4, 0.5) is 4.79 Å². The Labute approximate surface area is 170 Å². The lowest BCUT2D eigenvalue weighted by molar-refractivity contribution is 0.171. The molecule has 0 heterocycles. The third kappa shape index (κ3) is 30.2. The lowest BCUT2D eigenvalue weighted by Crippen LogP contribution is -2.23. The summed E-state index contributed by atoms with van der Waals surface area (Å²) >= 11 is 0. The van der Waals surface area contributed by atoms with Crippen LogP contribution in [-0.2, 0) is 4.74 Å².